The predicted octanol–water partition coefficient (Wildman–Crippen LogP) is 0.812. The summed E-state index contributed by atoms with van der Waals surface area (Å²) in [4.78, 5) is 24.4. The van der Waals surface area contributed by atoms with E-state index in [1.807, 2.05) is 0 Å². The van der Waals surface area contributed by atoms with Crippen LogP contribution in [0.5, 0.6) is 0 Å². The molecule has 9 heteroatoms. The first-order chi connectivity index (χ1) is 12.8. The molecule has 0 saturated heterocycles. The van der Waals surface area contributed by atoms with Crippen LogP contribution in [0.4, 0.5) is 5.69 Å². The van der Waals surface area contributed by atoms with E-state index >= 15 is 0 Å². The number of carbonyl (C=O) groups is 2. The van der Waals surface area contributed by atoms with Crippen molar-refractivity contribution in [3.8, 4) is 0 Å². The summed E-state index contributed by atoms with van der Waals surface area (Å²) in [5.74, 6) is -1.15. The Morgan fingerprint density at radius 2 is 1.81 bits per heavy atom. The highest BCUT2D eigenvalue weighted by molar-refractivity contribution is 7.90. The maximum Gasteiger partial charge on any atom is 0.253 e. The van der Waals surface area contributed by atoms with Crippen LogP contribution >= 0.6 is 0 Å². The Morgan fingerprint density at radius 3 is 2.48 bits per heavy atom. The lowest BCUT2D eigenvalue weighted by atomic mass is 9.88. The number of anilines is 1. The summed E-state index contributed by atoms with van der Waals surface area (Å²) in [6.07, 6.45) is 3.52. The van der Waals surface area contributed by atoms with Gasteiger partial charge in [0.05, 0.1) is 11.3 Å². The van der Waals surface area contributed by atoms with E-state index in [0.29, 0.717) is 19.0 Å². The smallest absolute Gasteiger partial charge is 0.253 e. The quantitative estimate of drug-likeness (QED) is 0.517. The molecule has 0 atom stereocenters. The third-order valence-corrected chi connectivity index (χ3v) is 5.89. The molecule has 1 aliphatic rings. The van der Waals surface area contributed by atoms with E-state index in [1.54, 1.807) is 24.3 Å². The van der Waals surface area contributed by atoms with E-state index in [9.17, 15) is 18.0 Å². The van der Waals surface area contributed by atoms with Crippen LogP contribution in [0.25, 0.3) is 0 Å². The Labute approximate surface area is 160 Å². The number of carbonyl (C=O) groups excluding carboxylic acids is 2. The highest BCUT2D eigenvalue weighted by Gasteiger charge is 2.25. The van der Waals surface area contributed by atoms with Gasteiger partial charge in [0.2, 0.25) is 15.9 Å². The van der Waals surface area contributed by atoms with Crippen molar-refractivity contribution in [1.82, 2.24) is 10.0 Å². The second-order valence-electron chi connectivity index (χ2n) is 6.97. The summed E-state index contributed by atoms with van der Waals surface area (Å²) in [5.41, 5.74) is 5.89. The molecule has 0 bridgehead atoms. The number of nitrogens with one attached hydrogen (secondary N) is 3. The van der Waals surface area contributed by atoms with Crippen LogP contribution < -0.4 is 21.1 Å². The second-order valence-corrected chi connectivity index (χ2v) is 8.73. The topological polar surface area (TPSA) is 130 Å². The molecule has 1 saturated carbocycles. The van der Waals surface area contributed by atoms with Gasteiger partial charge in [0.25, 0.3) is 5.91 Å². The summed E-state index contributed by atoms with van der Waals surface area (Å²) < 4.78 is 27.2. The van der Waals surface area contributed by atoms with Gasteiger partial charge in [-0.2, -0.15) is 0 Å². The van der Waals surface area contributed by atoms with Crippen molar-refractivity contribution < 1.29 is 18.0 Å². The predicted molar refractivity (Wildman–Crippen MR) is 105 cm³/mol. The van der Waals surface area contributed by atoms with Gasteiger partial charge in [-0.25, -0.2) is 13.1 Å². The molecule has 1 fully saturated rings. The molecular formula is C18H28N4O4S. The van der Waals surface area contributed by atoms with Gasteiger partial charge >= 0.3 is 0 Å². The van der Waals surface area contributed by atoms with Gasteiger partial charge in [0.1, 0.15) is 5.75 Å². The Balaban J connectivity index is 1.96. The molecule has 1 aromatic rings. The second kappa shape index (κ2) is 9.82. The molecule has 1 aromatic carbocycles. The zero-order valence-electron chi connectivity index (χ0n) is 15.5. The van der Waals surface area contributed by atoms with Gasteiger partial charge < -0.3 is 16.4 Å². The SMILES string of the molecule is CC1CCC(NS(=O)(=O)CC(=O)Nc2ccccc2C(=O)NCCN)CC1. The van der Waals surface area contributed by atoms with Gasteiger partial charge in [0, 0.05) is 19.1 Å². The van der Waals surface area contributed by atoms with E-state index < -0.39 is 21.7 Å². The zero-order chi connectivity index (χ0) is 19.9. The van der Waals surface area contributed by atoms with Crippen molar-refractivity contribution in [2.75, 3.05) is 24.2 Å². The van der Waals surface area contributed by atoms with Crippen molar-refractivity contribution in [3.05, 3.63) is 29.8 Å². The molecule has 5 N–H and O–H groups in total. The lowest BCUT2D eigenvalue weighted by Gasteiger charge is -2.26. The van der Waals surface area contributed by atoms with Crippen LogP contribution in [0.3, 0.4) is 0 Å². The van der Waals surface area contributed by atoms with Crippen LogP contribution in [0, 0.1) is 5.92 Å². The van der Waals surface area contributed by atoms with E-state index in [0.717, 1.165) is 25.7 Å². The lowest BCUT2D eigenvalue weighted by molar-refractivity contribution is -0.113. The highest BCUT2D eigenvalue weighted by Crippen LogP contribution is 2.24. The monoisotopic (exact) mass is 396 g/mol. The standard InChI is InChI=1S/C18H28N4O4S/c1-13-6-8-14(9-7-13)22-27(25,26)12-17(23)21-16-5-3-2-4-15(16)18(24)20-11-10-19/h2-5,13-14,22H,6-12,19H2,1H3,(H,20,24)(H,21,23). The Hall–Kier alpha value is -1.97. The minimum absolute atomic E-state index is 0.117. The Bertz CT molecular complexity index is 758. The molecule has 2 amide bonds. The third kappa shape index (κ3) is 6.93. The molecule has 0 heterocycles. The fourth-order valence-electron chi connectivity index (χ4n) is 3.10. The van der Waals surface area contributed by atoms with E-state index in [4.69, 9.17) is 5.73 Å². The number of para-hydroxylation sites is 1. The first-order valence-electron chi connectivity index (χ1n) is 9.18. The van der Waals surface area contributed by atoms with Crippen LogP contribution in [0.2, 0.25) is 0 Å². The normalized spacial score (nSPS) is 20.1. The molecule has 0 spiro atoms. The molecule has 2 rings (SSSR count). The van der Waals surface area contributed by atoms with E-state index in [1.165, 1.54) is 0 Å². The summed E-state index contributed by atoms with van der Waals surface area (Å²) in [7, 11) is -3.74. The number of rotatable bonds is 8. The molecule has 0 aliphatic heterocycles. The fourth-order valence-corrected chi connectivity index (χ4v) is 4.35. The first kappa shape index (κ1) is 21.3. The Morgan fingerprint density at radius 1 is 1.15 bits per heavy atom. The number of hydrogen-bond acceptors (Lipinski definition) is 5. The average Bonchev–Trinajstić information content (AvgIpc) is 2.61. The van der Waals surface area contributed by atoms with Gasteiger partial charge in [-0.3, -0.25) is 9.59 Å². The maximum absolute atomic E-state index is 12.3. The summed E-state index contributed by atoms with van der Waals surface area (Å²) in [6.45, 7) is 2.75. The number of nitrogens with two attached hydrogens (primary N) is 1. The van der Waals surface area contributed by atoms with Crippen LogP contribution in [0.15, 0.2) is 24.3 Å². The molecule has 0 aromatic heterocycles. The molecule has 8 nitrogen and oxygen atoms in total. The number of sulfonamides is 1. The summed E-state index contributed by atoms with van der Waals surface area (Å²) >= 11 is 0. The lowest BCUT2D eigenvalue weighted by Crippen LogP contribution is -2.41. The van der Waals surface area contributed by atoms with Crippen molar-refractivity contribution >= 4 is 27.5 Å². The van der Waals surface area contributed by atoms with E-state index in [-0.39, 0.29) is 23.2 Å². The number of amides is 2. The van der Waals surface area contributed by atoms with Crippen molar-refractivity contribution in [2.45, 2.75) is 38.6 Å². The molecule has 150 valence electrons. The number of benzene rings is 1. The number of hydrogen-bond donors (Lipinski definition) is 4. The minimum atomic E-state index is -3.74. The highest BCUT2D eigenvalue weighted by atomic mass is 32.2. The summed E-state index contributed by atoms with van der Waals surface area (Å²) in [5, 5.41) is 5.14. The molecule has 0 radical (unpaired) electrons. The van der Waals surface area contributed by atoms with Gasteiger partial charge in [0.15, 0.2) is 0 Å². The van der Waals surface area contributed by atoms with Gasteiger partial charge in [-0.1, -0.05) is 19.1 Å². The van der Waals surface area contributed by atoms with Crippen molar-refractivity contribution in [3.63, 3.8) is 0 Å². The van der Waals surface area contributed by atoms with E-state index in [2.05, 4.69) is 22.3 Å². The largest absolute Gasteiger partial charge is 0.351 e. The van der Waals surface area contributed by atoms with Crippen LogP contribution in [0.1, 0.15) is 43.0 Å². The van der Waals surface area contributed by atoms with Crippen molar-refractivity contribution in [2.24, 2.45) is 11.7 Å². The van der Waals surface area contributed by atoms with Crippen LogP contribution in [-0.4, -0.2) is 45.1 Å². The summed E-state index contributed by atoms with van der Waals surface area (Å²) in [6, 6.07) is 6.31. The molecule has 1 aliphatic carbocycles. The molecular weight excluding hydrogens is 368 g/mol. The average molecular weight is 397 g/mol. The molecule has 0 unspecified atom stereocenters. The zero-order valence-corrected chi connectivity index (χ0v) is 16.3. The van der Waals surface area contributed by atoms with Crippen molar-refractivity contribution in [1.29, 1.82) is 0 Å². The Kier molecular flexibility index (Phi) is 7.76. The molecule has 27 heavy (non-hydrogen) atoms. The minimum Gasteiger partial charge on any atom is -0.351 e. The fraction of sp³-hybridized carbons (Fsp3) is 0.556. The van der Waals surface area contributed by atoms with Crippen LogP contribution in [-0.2, 0) is 14.8 Å². The van der Waals surface area contributed by atoms with Gasteiger partial charge in [-0.05, 0) is 43.7 Å². The maximum atomic E-state index is 12.3. The third-order valence-electron chi connectivity index (χ3n) is 4.56. The first-order valence-corrected chi connectivity index (χ1v) is 10.8. The van der Waals surface area contributed by atoms with Gasteiger partial charge in [-0.15, -0.1) is 0 Å².